The van der Waals surface area contributed by atoms with Gasteiger partial charge in [-0.3, -0.25) is 4.79 Å². The highest BCUT2D eigenvalue weighted by atomic mass is 35.5. The molecule has 1 heterocycles. The summed E-state index contributed by atoms with van der Waals surface area (Å²) in [5, 5.41) is 0.592. The monoisotopic (exact) mass is 311 g/mol. The highest BCUT2D eigenvalue weighted by Crippen LogP contribution is 2.28. The van der Waals surface area contributed by atoms with Gasteiger partial charge >= 0.3 is 0 Å². The van der Waals surface area contributed by atoms with E-state index in [1.807, 2.05) is 0 Å². The molecule has 0 unspecified atom stereocenters. The molecule has 0 atom stereocenters. The van der Waals surface area contributed by atoms with Crippen molar-refractivity contribution in [2.75, 3.05) is 7.11 Å². The third-order valence-corrected chi connectivity index (χ3v) is 2.93. The van der Waals surface area contributed by atoms with Gasteiger partial charge in [0.2, 0.25) is 0 Å². The Hall–Kier alpha value is -1.78. The highest BCUT2D eigenvalue weighted by molar-refractivity contribution is 6.32. The molecule has 0 saturated heterocycles. The van der Waals surface area contributed by atoms with Crippen LogP contribution in [0, 0.1) is 0 Å². The van der Waals surface area contributed by atoms with Crippen molar-refractivity contribution in [1.29, 1.82) is 0 Å². The number of hydrogen-bond donors (Lipinski definition) is 0. The minimum absolute atomic E-state index is 0.237. The van der Waals surface area contributed by atoms with Gasteiger partial charge in [0.1, 0.15) is 23.2 Å². The topological polar surface area (TPSA) is 48.4 Å². The number of carbonyl (C=O) groups is 1. The van der Waals surface area contributed by atoms with Crippen LogP contribution in [0.4, 0.5) is 0 Å². The maximum Gasteiger partial charge on any atom is 0.162 e. The van der Waals surface area contributed by atoms with Gasteiger partial charge in [-0.2, -0.15) is 0 Å². The normalized spacial score (nSPS) is 10.2. The number of methoxy groups -OCH3 is 1. The van der Waals surface area contributed by atoms with E-state index in [0.29, 0.717) is 27.4 Å². The number of aromatic nitrogens is 1. The van der Waals surface area contributed by atoms with Gasteiger partial charge in [0, 0.05) is 5.56 Å². The summed E-state index contributed by atoms with van der Waals surface area (Å²) in [6.07, 6.45) is 0.743. The predicted molar refractivity (Wildman–Crippen MR) is 77.0 cm³/mol. The first-order valence-corrected chi connectivity index (χ1v) is 6.46. The molecule has 6 heteroatoms. The third kappa shape index (κ3) is 3.62. The third-order valence-electron chi connectivity index (χ3n) is 2.54. The number of halogens is 2. The Morgan fingerprint density at radius 1 is 1.15 bits per heavy atom. The lowest BCUT2D eigenvalue weighted by atomic mass is 10.2. The molecule has 104 valence electrons. The van der Waals surface area contributed by atoms with Crippen LogP contribution in [0.5, 0.6) is 11.5 Å². The first kappa shape index (κ1) is 14.6. The molecule has 0 amide bonds. The lowest BCUT2D eigenvalue weighted by Crippen LogP contribution is -1.99. The van der Waals surface area contributed by atoms with E-state index in [0.717, 1.165) is 11.8 Å². The Bertz CT molecular complexity index is 612. The number of aldehydes is 1. The van der Waals surface area contributed by atoms with Gasteiger partial charge in [0.25, 0.3) is 0 Å². The SMILES string of the molecule is COc1ccc(C=O)cc1OCc1cc(Cl)nc(Cl)c1. The molecule has 1 aromatic heterocycles. The van der Waals surface area contributed by atoms with Crippen LogP contribution in [0.15, 0.2) is 30.3 Å². The van der Waals surface area contributed by atoms with E-state index >= 15 is 0 Å². The van der Waals surface area contributed by atoms with Crippen molar-refractivity contribution >= 4 is 29.5 Å². The van der Waals surface area contributed by atoms with Crippen molar-refractivity contribution in [2.24, 2.45) is 0 Å². The van der Waals surface area contributed by atoms with Crippen LogP contribution >= 0.6 is 23.2 Å². The largest absolute Gasteiger partial charge is 0.493 e. The number of hydrogen-bond acceptors (Lipinski definition) is 4. The fraction of sp³-hybridized carbons (Fsp3) is 0.143. The van der Waals surface area contributed by atoms with E-state index in [4.69, 9.17) is 32.7 Å². The Kier molecular flexibility index (Phi) is 4.82. The molecule has 1 aromatic carbocycles. The zero-order valence-electron chi connectivity index (χ0n) is 10.6. The van der Waals surface area contributed by atoms with Crippen molar-refractivity contribution in [3.05, 3.63) is 51.8 Å². The lowest BCUT2D eigenvalue weighted by Gasteiger charge is -2.11. The molecule has 0 saturated carbocycles. The van der Waals surface area contributed by atoms with Gasteiger partial charge in [-0.05, 0) is 35.9 Å². The van der Waals surface area contributed by atoms with Crippen molar-refractivity contribution in [1.82, 2.24) is 4.98 Å². The molecule has 0 radical (unpaired) electrons. The van der Waals surface area contributed by atoms with Gasteiger partial charge < -0.3 is 9.47 Å². The molecular weight excluding hydrogens is 301 g/mol. The van der Waals surface area contributed by atoms with Crippen LogP contribution in [-0.4, -0.2) is 18.4 Å². The summed E-state index contributed by atoms with van der Waals surface area (Å²) >= 11 is 11.6. The Morgan fingerprint density at radius 2 is 1.85 bits per heavy atom. The molecule has 4 nitrogen and oxygen atoms in total. The molecule has 2 aromatic rings. The number of carbonyl (C=O) groups excluding carboxylic acids is 1. The molecule has 0 aliphatic heterocycles. The molecule has 0 bridgehead atoms. The second kappa shape index (κ2) is 6.59. The summed E-state index contributed by atoms with van der Waals surface area (Å²) in [5.74, 6) is 1.02. The van der Waals surface area contributed by atoms with Crippen molar-refractivity contribution < 1.29 is 14.3 Å². The number of benzene rings is 1. The molecule has 0 fully saturated rings. The van der Waals surface area contributed by atoms with Crippen LogP contribution in [0.25, 0.3) is 0 Å². The van der Waals surface area contributed by atoms with Crippen LogP contribution in [0.1, 0.15) is 15.9 Å². The second-order valence-electron chi connectivity index (χ2n) is 3.94. The molecule has 0 aliphatic carbocycles. The van der Waals surface area contributed by atoms with E-state index in [1.165, 1.54) is 7.11 Å². The number of pyridine rings is 1. The Balaban J connectivity index is 2.19. The van der Waals surface area contributed by atoms with Gasteiger partial charge in [-0.1, -0.05) is 23.2 Å². The zero-order valence-corrected chi connectivity index (χ0v) is 12.1. The van der Waals surface area contributed by atoms with Gasteiger partial charge in [0.15, 0.2) is 11.5 Å². The first-order valence-electron chi connectivity index (χ1n) is 5.70. The van der Waals surface area contributed by atoms with E-state index in [1.54, 1.807) is 30.3 Å². The van der Waals surface area contributed by atoms with Gasteiger partial charge in [0.05, 0.1) is 7.11 Å². The molecule has 0 N–H and O–H groups in total. The van der Waals surface area contributed by atoms with E-state index < -0.39 is 0 Å². The smallest absolute Gasteiger partial charge is 0.162 e. The van der Waals surface area contributed by atoms with Crippen LogP contribution in [0.2, 0.25) is 10.3 Å². The van der Waals surface area contributed by atoms with Crippen molar-refractivity contribution in [3.63, 3.8) is 0 Å². The molecule has 20 heavy (non-hydrogen) atoms. The fourth-order valence-corrected chi connectivity index (χ4v) is 2.14. The average Bonchev–Trinajstić information content (AvgIpc) is 2.43. The summed E-state index contributed by atoms with van der Waals surface area (Å²) in [5.41, 5.74) is 1.28. The summed E-state index contributed by atoms with van der Waals surface area (Å²) in [4.78, 5) is 14.6. The summed E-state index contributed by atoms with van der Waals surface area (Å²) in [7, 11) is 1.53. The predicted octanol–water partition coefficient (Wildman–Crippen LogP) is 3.79. The van der Waals surface area contributed by atoms with Crippen LogP contribution in [0.3, 0.4) is 0 Å². The van der Waals surface area contributed by atoms with Crippen molar-refractivity contribution in [3.8, 4) is 11.5 Å². The van der Waals surface area contributed by atoms with Crippen molar-refractivity contribution in [2.45, 2.75) is 6.61 Å². The maximum absolute atomic E-state index is 10.8. The number of nitrogens with zero attached hydrogens (tertiary/aromatic N) is 1. The zero-order chi connectivity index (χ0) is 14.5. The highest BCUT2D eigenvalue weighted by Gasteiger charge is 2.07. The first-order chi connectivity index (χ1) is 9.62. The minimum atomic E-state index is 0.237. The summed E-state index contributed by atoms with van der Waals surface area (Å²) < 4.78 is 10.8. The quantitative estimate of drug-likeness (QED) is 0.622. The minimum Gasteiger partial charge on any atom is -0.493 e. The molecular formula is C14H11Cl2NO3. The number of rotatable bonds is 5. The van der Waals surface area contributed by atoms with Crippen LogP contribution < -0.4 is 9.47 Å². The van der Waals surface area contributed by atoms with E-state index in [2.05, 4.69) is 4.98 Å². The van der Waals surface area contributed by atoms with E-state index in [-0.39, 0.29) is 6.61 Å². The van der Waals surface area contributed by atoms with Crippen LogP contribution in [-0.2, 0) is 6.61 Å². The summed E-state index contributed by atoms with van der Waals surface area (Å²) in [6, 6.07) is 8.24. The standard InChI is InChI=1S/C14H11Cl2NO3/c1-19-11-3-2-9(7-18)4-12(11)20-8-10-5-13(15)17-14(16)6-10/h2-7H,8H2,1H3. The number of ether oxygens (including phenoxy) is 2. The summed E-state index contributed by atoms with van der Waals surface area (Å²) in [6.45, 7) is 0.237. The molecule has 0 aliphatic rings. The average molecular weight is 312 g/mol. The van der Waals surface area contributed by atoms with Gasteiger partial charge in [-0.15, -0.1) is 0 Å². The maximum atomic E-state index is 10.8. The van der Waals surface area contributed by atoms with E-state index in [9.17, 15) is 4.79 Å². The van der Waals surface area contributed by atoms with Gasteiger partial charge in [-0.25, -0.2) is 4.98 Å². The molecule has 2 rings (SSSR count). The Morgan fingerprint density at radius 3 is 2.45 bits per heavy atom. The Labute approximate surface area is 126 Å². The molecule has 0 spiro atoms. The fourth-order valence-electron chi connectivity index (χ4n) is 1.64. The lowest BCUT2D eigenvalue weighted by molar-refractivity contribution is 0.112. The second-order valence-corrected chi connectivity index (χ2v) is 4.71.